The lowest BCUT2D eigenvalue weighted by Crippen LogP contribution is -2.57. The predicted molar refractivity (Wildman–Crippen MR) is 152 cm³/mol. The number of morpholine rings is 1. The zero-order valence-corrected chi connectivity index (χ0v) is 25.0. The standard InChI is InChI=1S/C28H34F5N3O4.2ClH/c1-38-18-24-17-35(9-10-40-24)6-5-34-7-8-36(23(16-34)11-19-3-4-25(30)26(12-19)39-2)27(37)20-13-21(28(31,32)33)15-22(29)14-20;;/h3-4,12-15,23-24H,5-11,16-18H2,1-2H3;2*1H/t23-,24+;;/m1../s1. The summed E-state index contributed by atoms with van der Waals surface area (Å²) in [6.45, 7) is 5.33. The highest BCUT2D eigenvalue weighted by atomic mass is 35.5. The topological polar surface area (TPSA) is 54.5 Å². The Hall–Kier alpha value is -2.22. The number of ether oxygens (including phenoxy) is 3. The predicted octanol–water partition coefficient (Wildman–Crippen LogP) is 4.55. The third kappa shape index (κ3) is 9.39. The molecule has 2 fully saturated rings. The van der Waals surface area contributed by atoms with E-state index >= 15 is 0 Å². The number of hydrogen-bond acceptors (Lipinski definition) is 6. The van der Waals surface area contributed by atoms with Crippen molar-refractivity contribution < 1.29 is 41.0 Å². The number of amides is 1. The molecular weight excluding hydrogens is 608 g/mol. The summed E-state index contributed by atoms with van der Waals surface area (Å²) >= 11 is 0. The van der Waals surface area contributed by atoms with Crippen LogP contribution in [0.25, 0.3) is 0 Å². The second-order valence-corrected chi connectivity index (χ2v) is 10.1. The molecule has 2 aromatic rings. The summed E-state index contributed by atoms with van der Waals surface area (Å²) in [6, 6.07) is 5.86. The molecule has 0 saturated carbocycles. The highest BCUT2D eigenvalue weighted by Gasteiger charge is 2.35. The van der Waals surface area contributed by atoms with Crippen LogP contribution < -0.4 is 4.74 Å². The average Bonchev–Trinajstić information content (AvgIpc) is 2.92. The maximum Gasteiger partial charge on any atom is 0.416 e. The van der Waals surface area contributed by atoms with Gasteiger partial charge in [0, 0.05) is 64.5 Å². The minimum absolute atomic E-state index is 0. The summed E-state index contributed by atoms with van der Waals surface area (Å²) in [7, 11) is 2.99. The van der Waals surface area contributed by atoms with E-state index in [1.54, 1.807) is 19.2 Å². The van der Waals surface area contributed by atoms with E-state index in [1.165, 1.54) is 18.1 Å². The van der Waals surface area contributed by atoms with Gasteiger partial charge in [-0.25, -0.2) is 8.78 Å². The SMILES string of the molecule is COC[C@@H]1CN(CCN2CCN(C(=O)c3cc(F)cc(C(F)(F)F)c3)[C@H](Cc3ccc(F)c(OC)c3)C2)CCO1.Cl.Cl. The van der Waals surface area contributed by atoms with Crippen molar-refractivity contribution >= 4 is 30.7 Å². The Morgan fingerprint density at radius 1 is 0.976 bits per heavy atom. The molecule has 2 aromatic carbocycles. The lowest BCUT2D eigenvalue weighted by Gasteiger charge is -2.42. The lowest BCUT2D eigenvalue weighted by atomic mass is 9.99. The van der Waals surface area contributed by atoms with Crippen LogP contribution in [0, 0.1) is 11.6 Å². The number of piperazine rings is 1. The van der Waals surface area contributed by atoms with Crippen LogP contribution >= 0.6 is 24.8 Å². The fraction of sp³-hybridized carbons (Fsp3) is 0.536. The zero-order valence-electron chi connectivity index (χ0n) is 23.4. The highest BCUT2D eigenvalue weighted by molar-refractivity contribution is 5.94. The van der Waals surface area contributed by atoms with Gasteiger partial charge in [-0.1, -0.05) is 6.07 Å². The van der Waals surface area contributed by atoms with E-state index < -0.39 is 35.3 Å². The molecule has 2 heterocycles. The molecule has 7 nitrogen and oxygen atoms in total. The van der Waals surface area contributed by atoms with E-state index in [1.807, 2.05) is 0 Å². The first kappa shape index (κ1) is 36.0. The summed E-state index contributed by atoms with van der Waals surface area (Å²) < 4.78 is 84.1. The van der Waals surface area contributed by atoms with Crippen molar-refractivity contribution in [1.29, 1.82) is 0 Å². The number of carbonyl (C=O) groups excluding carboxylic acids is 1. The van der Waals surface area contributed by atoms with Crippen molar-refractivity contribution in [1.82, 2.24) is 14.7 Å². The Bertz CT molecular complexity index is 1170. The van der Waals surface area contributed by atoms with Gasteiger partial charge in [-0.2, -0.15) is 13.2 Å². The van der Waals surface area contributed by atoms with Gasteiger partial charge in [-0.15, -0.1) is 24.8 Å². The summed E-state index contributed by atoms with van der Waals surface area (Å²) in [5, 5.41) is 0. The van der Waals surface area contributed by atoms with E-state index in [0.29, 0.717) is 57.0 Å². The molecule has 236 valence electrons. The highest BCUT2D eigenvalue weighted by Crippen LogP contribution is 2.31. The second-order valence-electron chi connectivity index (χ2n) is 10.1. The van der Waals surface area contributed by atoms with Gasteiger partial charge < -0.3 is 19.1 Å². The van der Waals surface area contributed by atoms with Crippen LogP contribution in [0.3, 0.4) is 0 Å². The largest absolute Gasteiger partial charge is 0.494 e. The molecule has 0 unspecified atom stereocenters. The van der Waals surface area contributed by atoms with Crippen LogP contribution in [-0.2, 0) is 22.1 Å². The molecule has 0 spiro atoms. The van der Waals surface area contributed by atoms with Gasteiger partial charge in [0.15, 0.2) is 11.6 Å². The molecule has 4 rings (SSSR count). The Labute approximate surface area is 254 Å². The van der Waals surface area contributed by atoms with Crippen LogP contribution in [-0.4, -0.2) is 106 Å². The van der Waals surface area contributed by atoms with E-state index in [-0.39, 0.29) is 48.8 Å². The summed E-state index contributed by atoms with van der Waals surface area (Å²) in [4.78, 5) is 19.4. The van der Waals surface area contributed by atoms with Crippen molar-refractivity contribution in [3.63, 3.8) is 0 Å². The van der Waals surface area contributed by atoms with Crippen LogP contribution in [0.4, 0.5) is 22.0 Å². The number of nitrogens with zero attached hydrogens (tertiary/aromatic N) is 3. The molecular formula is C28H36Cl2F5N3O4. The molecule has 2 aliphatic rings. The number of methoxy groups -OCH3 is 2. The molecule has 2 atom stereocenters. The summed E-state index contributed by atoms with van der Waals surface area (Å²) in [6.07, 6.45) is -4.47. The number of rotatable bonds is 9. The third-order valence-corrected chi connectivity index (χ3v) is 7.29. The molecule has 42 heavy (non-hydrogen) atoms. The van der Waals surface area contributed by atoms with Crippen LogP contribution in [0.2, 0.25) is 0 Å². The Morgan fingerprint density at radius 2 is 1.69 bits per heavy atom. The quantitative estimate of drug-likeness (QED) is 0.374. The van der Waals surface area contributed by atoms with Crippen molar-refractivity contribution in [2.24, 2.45) is 0 Å². The van der Waals surface area contributed by atoms with Gasteiger partial charge in [0.2, 0.25) is 0 Å². The van der Waals surface area contributed by atoms with E-state index in [0.717, 1.165) is 25.7 Å². The second kappa shape index (κ2) is 16.0. The van der Waals surface area contributed by atoms with E-state index in [2.05, 4.69) is 9.80 Å². The Balaban J connectivity index is 0.00000308. The molecule has 0 bridgehead atoms. The molecule has 0 radical (unpaired) electrons. The van der Waals surface area contributed by atoms with Gasteiger partial charge in [0.05, 0.1) is 32.0 Å². The fourth-order valence-corrected chi connectivity index (χ4v) is 5.26. The molecule has 14 heteroatoms. The molecule has 1 amide bonds. The average molecular weight is 645 g/mol. The lowest BCUT2D eigenvalue weighted by molar-refractivity contribution is -0.137. The first-order valence-electron chi connectivity index (χ1n) is 13.1. The maximum absolute atomic E-state index is 14.1. The maximum atomic E-state index is 14.1. The molecule has 0 aliphatic carbocycles. The van der Waals surface area contributed by atoms with Crippen molar-refractivity contribution in [2.75, 3.05) is 73.2 Å². The van der Waals surface area contributed by atoms with Gasteiger partial charge in [-0.3, -0.25) is 14.6 Å². The fourth-order valence-electron chi connectivity index (χ4n) is 5.26. The minimum Gasteiger partial charge on any atom is -0.494 e. The van der Waals surface area contributed by atoms with E-state index in [9.17, 15) is 26.7 Å². The first-order chi connectivity index (χ1) is 19.1. The number of carbonyl (C=O) groups is 1. The molecule has 0 N–H and O–H groups in total. The molecule has 2 aliphatic heterocycles. The smallest absolute Gasteiger partial charge is 0.416 e. The van der Waals surface area contributed by atoms with Crippen molar-refractivity contribution in [3.05, 3.63) is 64.7 Å². The number of halogens is 7. The summed E-state index contributed by atoms with van der Waals surface area (Å²) in [5.74, 6) is -2.28. The Kier molecular flexibility index (Phi) is 13.7. The number of alkyl halides is 3. The van der Waals surface area contributed by atoms with Crippen LogP contribution in [0.1, 0.15) is 21.5 Å². The van der Waals surface area contributed by atoms with Crippen molar-refractivity contribution in [3.8, 4) is 5.75 Å². The van der Waals surface area contributed by atoms with Gasteiger partial charge in [0.25, 0.3) is 5.91 Å². The molecule has 2 saturated heterocycles. The summed E-state index contributed by atoms with van der Waals surface area (Å²) in [5.41, 5.74) is -0.875. The van der Waals surface area contributed by atoms with Crippen molar-refractivity contribution in [2.45, 2.75) is 24.7 Å². The Morgan fingerprint density at radius 3 is 2.36 bits per heavy atom. The third-order valence-electron chi connectivity index (χ3n) is 7.29. The first-order valence-corrected chi connectivity index (χ1v) is 13.1. The zero-order chi connectivity index (χ0) is 28.9. The normalized spacial score (nSPS) is 20.0. The number of benzene rings is 2. The van der Waals surface area contributed by atoms with Crippen LogP contribution in [0.15, 0.2) is 36.4 Å². The van der Waals surface area contributed by atoms with Crippen LogP contribution in [0.5, 0.6) is 5.75 Å². The van der Waals surface area contributed by atoms with E-state index in [4.69, 9.17) is 14.2 Å². The van der Waals surface area contributed by atoms with Gasteiger partial charge >= 0.3 is 6.18 Å². The molecule has 0 aromatic heterocycles. The van der Waals surface area contributed by atoms with Gasteiger partial charge in [-0.05, 0) is 42.3 Å². The monoisotopic (exact) mass is 643 g/mol. The van der Waals surface area contributed by atoms with Gasteiger partial charge in [0.1, 0.15) is 5.82 Å². The minimum atomic E-state index is -4.79. The number of hydrogen-bond donors (Lipinski definition) is 0.